The number of carbonyl (C=O) groups excluding carboxylic acids is 1. The molecule has 0 aromatic carbocycles. The zero-order valence-electron chi connectivity index (χ0n) is 11.7. The Bertz CT molecular complexity index is 419. The summed E-state index contributed by atoms with van der Waals surface area (Å²) in [5.74, 6) is -0.00212. The van der Waals surface area contributed by atoms with Crippen molar-refractivity contribution in [3.05, 3.63) is 16.1 Å². The Morgan fingerprint density at radius 2 is 2.42 bits per heavy atom. The maximum absolute atomic E-state index is 11.8. The molecule has 19 heavy (non-hydrogen) atoms. The van der Waals surface area contributed by atoms with E-state index in [9.17, 15) is 4.79 Å². The first-order valence-electron chi connectivity index (χ1n) is 7.05. The van der Waals surface area contributed by atoms with Gasteiger partial charge in [0.15, 0.2) is 0 Å². The highest BCUT2D eigenvalue weighted by Crippen LogP contribution is 2.20. The number of thiazole rings is 1. The monoisotopic (exact) mass is 282 g/mol. The lowest BCUT2D eigenvalue weighted by atomic mass is 9.98. The van der Waals surface area contributed by atoms with Crippen LogP contribution in [0.5, 0.6) is 0 Å². The van der Waals surface area contributed by atoms with Gasteiger partial charge in [-0.3, -0.25) is 9.69 Å². The Morgan fingerprint density at radius 3 is 3.11 bits per heavy atom. The SMILES string of the molecule is CCOC(=O)[C@H]1CCCN(Cc2csc(CC)n2)C1. The number of esters is 1. The quantitative estimate of drug-likeness (QED) is 0.778. The van der Waals surface area contributed by atoms with Gasteiger partial charge in [0, 0.05) is 18.5 Å². The molecule has 1 fully saturated rings. The molecule has 4 nitrogen and oxygen atoms in total. The Hall–Kier alpha value is -0.940. The third kappa shape index (κ3) is 4.01. The largest absolute Gasteiger partial charge is 0.466 e. The van der Waals surface area contributed by atoms with Crippen LogP contribution in [0.1, 0.15) is 37.4 Å². The van der Waals surface area contributed by atoms with Crippen molar-refractivity contribution in [2.75, 3.05) is 19.7 Å². The summed E-state index contributed by atoms with van der Waals surface area (Å²) < 4.78 is 5.12. The van der Waals surface area contributed by atoms with Gasteiger partial charge in [0.05, 0.1) is 23.2 Å². The van der Waals surface area contributed by atoms with Gasteiger partial charge in [-0.15, -0.1) is 11.3 Å². The molecule has 0 bridgehead atoms. The maximum Gasteiger partial charge on any atom is 0.310 e. The smallest absolute Gasteiger partial charge is 0.310 e. The lowest BCUT2D eigenvalue weighted by Gasteiger charge is -2.30. The van der Waals surface area contributed by atoms with Crippen molar-refractivity contribution in [1.29, 1.82) is 0 Å². The number of hydrogen-bond donors (Lipinski definition) is 0. The molecule has 2 rings (SSSR count). The van der Waals surface area contributed by atoms with Gasteiger partial charge in [-0.1, -0.05) is 6.92 Å². The molecule has 1 saturated heterocycles. The Morgan fingerprint density at radius 1 is 1.58 bits per heavy atom. The molecule has 106 valence electrons. The molecule has 0 N–H and O–H groups in total. The summed E-state index contributed by atoms with van der Waals surface area (Å²) in [6.45, 7) is 7.17. The van der Waals surface area contributed by atoms with Crippen LogP contribution in [-0.4, -0.2) is 35.5 Å². The van der Waals surface area contributed by atoms with Crippen molar-refractivity contribution in [2.45, 2.75) is 39.7 Å². The topological polar surface area (TPSA) is 42.4 Å². The summed E-state index contributed by atoms with van der Waals surface area (Å²) in [4.78, 5) is 18.7. The highest BCUT2D eigenvalue weighted by atomic mass is 32.1. The standard InChI is InChI=1S/C14H22N2O2S/c1-3-13-15-12(10-19-13)9-16-7-5-6-11(8-16)14(17)18-4-2/h10-11H,3-9H2,1-2H3/t11-/m0/s1. The minimum atomic E-state index is -0.0419. The minimum absolute atomic E-state index is 0.0398. The highest BCUT2D eigenvalue weighted by Gasteiger charge is 2.27. The van der Waals surface area contributed by atoms with Gasteiger partial charge in [-0.2, -0.15) is 0 Å². The number of nitrogens with zero attached hydrogens (tertiary/aromatic N) is 2. The van der Waals surface area contributed by atoms with Crippen molar-refractivity contribution in [3.63, 3.8) is 0 Å². The second kappa shape index (κ2) is 7.01. The molecule has 5 heteroatoms. The van der Waals surface area contributed by atoms with Crippen LogP contribution in [0.25, 0.3) is 0 Å². The van der Waals surface area contributed by atoms with Gasteiger partial charge < -0.3 is 4.74 Å². The molecule has 1 aromatic heterocycles. The summed E-state index contributed by atoms with van der Waals surface area (Å²) in [7, 11) is 0. The van der Waals surface area contributed by atoms with Crippen LogP contribution in [-0.2, 0) is 22.5 Å². The zero-order chi connectivity index (χ0) is 13.7. The first kappa shape index (κ1) is 14.5. The molecule has 2 heterocycles. The fourth-order valence-corrected chi connectivity index (χ4v) is 3.20. The van der Waals surface area contributed by atoms with E-state index >= 15 is 0 Å². The molecule has 0 aliphatic carbocycles. The number of carbonyl (C=O) groups is 1. The highest BCUT2D eigenvalue weighted by molar-refractivity contribution is 7.09. The number of piperidine rings is 1. The molecule has 1 aromatic rings. The molecule has 0 spiro atoms. The summed E-state index contributed by atoms with van der Waals surface area (Å²) in [6.07, 6.45) is 3.01. The predicted octanol–water partition coefficient (Wildman–Crippen LogP) is 2.48. The molecule has 1 aliphatic heterocycles. The van der Waals surface area contributed by atoms with Crippen molar-refractivity contribution in [2.24, 2.45) is 5.92 Å². The first-order valence-corrected chi connectivity index (χ1v) is 7.93. The van der Waals surface area contributed by atoms with E-state index in [-0.39, 0.29) is 11.9 Å². The Balaban J connectivity index is 1.88. The van der Waals surface area contributed by atoms with Crippen LogP contribution in [0.15, 0.2) is 5.38 Å². The third-order valence-corrected chi connectivity index (χ3v) is 4.45. The second-order valence-corrected chi connectivity index (χ2v) is 5.86. The van der Waals surface area contributed by atoms with Crippen LogP contribution in [0, 0.1) is 5.92 Å². The number of hydrogen-bond acceptors (Lipinski definition) is 5. The van der Waals surface area contributed by atoms with E-state index in [1.165, 1.54) is 5.01 Å². The van der Waals surface area contributed by atoms with Gasteiger partial charge in [0.2, 0.25) is 0 Å². The Labute approximate surface area is 118 Å². The second-order valence-electron chi connectivity index (χ2n) is 4.91. The van der Waals surface area contributed by atoms with E-state index in [4.69, 9.17) is 4.74 Å². The van der Waals surface area contributed by atoms with Gasteiger partial charge in [0.1, 0.15) is 0 Å². The molecule has 0 unspecified atom stereocenters. The van der Waals surface area contributed by atoms with Crippen LogP contribution >= 0.6 is 11.3 Å². The number of aromatic nitrogens is 1. The van der Waals surface area contributed by atoms with Crippen molar-refractivity contribution in [3.8, 4) is 0 Å². The van der Waals surface area contributed by atoms with Crippen molar-refractivity contribution >= 4 is 17.3 Å². The summed E-state index contributed by atoms with van der Waals surface area (Å²) in [5, 5.41) is 3.32. The maximum atomic E-state index is 11.8. The van der Waals surface area contributed by atoms with Crippen molar-refractivity contribution in [1.82, 2.24) is 9.88 Å². The van der Waals surface area contributed by atoms with Crippen LogP contribution in [0.3, 0.4) is 0 Å². The number of rotatable bonds is 5. The number of ether oxygens (including phenoxy) is 1. The summed E-state index contributed by atoms with van der Waals surface area (Å²) >= 11 is 1.72. The van der Waals surface area contributed by atoms with Crippen LogP contribution < -0.4 is 0 Å². The van der Waals surface area contributed by atoms with Crippen LogP contribution in [0.2, 0.25) is 0 Å². The average Bonchev–Trinajstić information content (AvgIpc) is 2.87. The van der Waals surface area contributed by atoms with E-state index in [0.717, 1.165) is 44.6 Å². The van der Waals surface area contributed by atoms with Gasteiger partial charge in [0.25, 0.3) is 0 Å². The zero-order valence-corrected chi connectivity index (χ0v) is 12.5. The lowest BCUT2D eigenvalue weighted by molar-refractivity contribution is -0.150. The lowest BCUT2D eigenvalue weighted by Crippen LogP contribution is -2.39. The van der Waals surface area contributed by atoms with E-state index in [1.54, 1.807) is 11.3 Å². The molecule has 1 aliphatic rings. The van der Waals surface area contributed by atoms with Gasteiger partial charge in [-0.25, -0.2) is 4.98 Å². The molecule has 0 amide bonds. The Kier molecular flexibility index (Phi) is 5.34. The first-order chi connectivity index (χ1) is 9.22. The fraction of sp³-hybridized carbons (Fsp3) is 0.714. The summed E-state index contributed by atoms with van der Waals surface area (Å²) in [6, 6.07) is 0. The third-order valence-electron chi connectivity index (χ3n) is 3.41. The predicted molar refractivity (Wildman–Crippen MR) is 76.1 cm³/mol. The minimum Gasteiger partial charge on any atom is -0.466 e. The van der Waals surface area contributed by atoms with E-state index in [2.05, 4.69) is 22.2 Å². The van der Waals surface area contributed by atoms with Crippen LogP contribution in [0.4, 0.5) is 0 Å². The number of aryl methyl sites for hydroxylation is 1. The number of likely N-dealkylation sites (tertiary alicyclic amines) is 1. The van der Waals surface area contributed by atoms with E-state index in [1.807, 2.05) is 6.92 Å². The molecular weight excluding hydrogens is 260 g/mol. The van der Waals surface area contributed by atoms with E-state index < -0.39 is 0 Å². The molecular formula is C14H22N2O2S. The fourth-order valence-electron chi connectivity index (χ4n) is 2.46. The van der Waals surface area contributed by atoms with Gasteiger partial charge >= 0.3 is 5.97 Å². The molecule has 0 saturated carbocycles. The van der Waals surface area contributed by atoms with Gasteiger partial charge in [-0.05, 0) is 32.7 Å². The molecule has 0 radical (unpaired) electrons. The van der Waals surface area contributed by atoms with E-state index in [0.29, 0.717) is 6.61 Å². The van der Waals surface area contributed by atoms with Crippen molar-refractivity contribution < 1.29 is 9.53 Å². The normalized spacial score (nSPS) is 20.4. The molecule has 1 atom stereocenters. The average molecular weight is 282 g/mol. The summed E-state index contributed by atoms with van der Waals surface area (Å²) in [5.41, 5.74) is 1.13.